The molecule has 1 aromatic carbocycles. The fourth-order valence-electron chi connectivity index (χ4n) is 5.39. The van der Waals surface area contributed by atoms with Crippen molar-refractivity contribution in [2.45, 2.75) is 43.6 Å². The van der Waals surface area contributed by atoms with Crippen LogP contribution in [0.5, 0.6) is 0 Å². The number of anilines is 1. The predicted molar refractivity (Wildman–Crippen MR) is 128 cm³/mol. The fourth-order valence-corrected chi connectivity index (χ4v) is 5.54. The second-order valence-electron chi connectivity index (χ2n) is 9.31. The van der Waals surface area contributed by atoms with Gasteiger partial charge in [0.1, 0.15) is 16.9 Å². The molecule has 188 valence electrons. The molecule has 1 spiro atoms. The highest BCUT2D eigenvalue weighted by Crippen LogP contribution is 2.46. The first kappa shape index (κ1) is 25.7. The van der Waals surface area contributed by atoms with Gasteiger partial charge in [-0.05, 0) is 49.8 Å². The van der Waals surface area contributed by atoms with E-state index in [-0.39, 0.29) is 46.7 Å². The van der Waals surface area contributed by atoms with E-state index < -0.39 is 23.4 Å². The third kappa shape index (κ3) is 4.49. The Morgan fingerprint density at radius 3 is 2.60 bits per heavy atom. The second-order valence-corrected chi connectivity index (χ2v) is 9.75. The zero-order valence-corrected chi connectivity index (χ0v) is 20.3. The lowest BCUT2D eigenvalue weighted by molar-refractivity contribution is -0.125. The Balaban J connectivity index is 0.00000289. The lowest BCUT2D eigenvalue weighted by Gasteiger charge is -2.38. The van der Waals surface area contributed by atoms with Gasteiger partial charge < -0.3 is 15.5 Å². The van der Waals surface area contributed by atoms with E-state index in [9.17, 15) is 22.8 Å². The van der Waals surface area contributed by atoms with E-state index in [4.69, 9.17) is 11.6 Å². The number of carbonyl (C=O) groups is 2. The quantitative estimate of drug-likeness (QED) is 0.602. The van der Waals surface area contributed by atoms with Crippen molar-refractivity contribution in [1.29, 1.82) is 0 Å². The molecule has 2 aromatic rings. The molecule has 0 radical (unpaired) electrons. The van der Waals surface area contributed by atoms with Gasteiger partial charge in [-0.3, -0.25) is 14.6 Å². The molecule has 1 saturated carbocycles. The molecule has 1 saturated heterocycles. The molecule has 0 atom stereocenters. The van der Waals surface area contributed by atoms with Crippen LogP contribution >= 0.6 is 24.0 Å². The first-order valence-corrected chi connectivity index (χ1v) is 11.7. The number of amides is 2. The number of hydrogen-bond donors (Lipinski definition) is 2. The van der Waals surface area contributed by atoms with Crippen molar-refractivity contribution in [3.63, 3.8) is 0 Å². The van der Waals surface area contributed by atoms with Crippen molar-refractivity contribution in [2.75, 3.05) is 24.5 Å². The molecular weight excluding hydrogens is 504 g/mol. The van der Waals surface area contributed by atoms with Gasteiger partial charge >= 0.3 is 0 Å². The van der Waals surface area contributed by atoms with E-state index in [2.05, 4.69) is 15.6 Å². The maximum Gasteiger partial charge on any atom is 0.281 e. The Hall–Kier alpha value is -2.36. The van der Waals surface area contributed by atoms with E-state index in [0.29, 0.717) is 43.7 Å². The molecule has 2 aliphatic heterocycles. The van der Waals surface area contributed by atoms with Crippen molar-refractivity contribution in [3.05, 3.63) is 58.1 Å². The van der Waals surface area contributed by atoms with E-state index in [1.165, 1.54) is 12.1 Å². The topological polar surface area (TPSA) is 74.3 Å². The van der Waals surface area contributed by atoms with Crippen molar-refractivity contribution < 1.29 is 22.8 Å². The average molecular weight is 529 g/mol. The number of nitrogens with one attached hydrogen (secondary N) is 2. The Labute approximate surface area is 212 Å². The second kappa shape index (κ2) is 9.95. The summed E-state index contributed by atoms with van der Waals surface area (Å²) < 4.78 is 41.1. The van der Waals surface area contributed by atoms with Crippen LogP contribution in [-0.2, 0) is 10.2 Å². The molecule has 2 N–H and O–H groups in total. The summed E-state index contributed by atoms with van der Waals surface area (Å²) in [6.45, 7) is 1.37. The SMILES string of the molecule is Cl.O=C(NC1CCC(CN2C(=O)C3(CNC3)c3c(F)cccc32)CC1)c1cc(Cl)cnc1C(F)F. The van der Waals surface area contributed by atoms with Crippen molar-refractivity contribution in [3.8, 4) is 0 Å². The number of halogens is 5. The third-order valence-electron chi connectivity index (χ3n) is 7.23. The summed E-state index contributed by atoms with van der Waals surface area (Å²) in [5.41, 5.74) is -0.474. The third-order valence-corrected chi connectivity index (χ3v) is 7.43. The summed E-state index contributed by atoms with van der Waals surface area (Å²) in [6, 6.07) is 5.87. The van der Waals surface area contributed by atoms with Crippen molar-refractivity contribution >= 4 is 41.5 Å². The number of rotatable bonds is 5. The summed E-state index contributed by atoms with van der Waals surface area (Å²) in [6.07, 6.45) is 1.02. The lowest BCUT2D eigenvalue weighted by atomic mass is 9.76. The van der Waals surface area contributed by atoms with Gasteiger partial charge in [0.25, 0.3) is 12.3 Å². The maximum absolute atomic E-state index is 14.6. The van der Waals surface area contributed by atoms with Crippen LogP contribution in [0.1, 0.15) is 53.7 Å². The predicted octanol–water partition coefficient (Wildman–Crippen LogP) is 4.41. The monoisotopic (exact) mass is 528 g/mol. The Morgan fingerprint density at radius 2 is 1.97 bits per heavy atom. The van der Waals surface area contributed by atoms with Gasteiger partial charge in [0.15, 0.2) is 0 Å². The van der Waals surface area contributed by atoms with Gasteiger partial charge in [-0.25, -0.2) is 13.2 Å². The molecule has 0 unspecified atom stereocenters. The van der Waals surface area contributed by atoms with Gasteiger partial charge in [0, 0.05) is 37.4 Å². The molecular formula is C24H25Cl2F3N4O2. The molecule has 35 heavy (non-hydrogen) atoms. The molecule has 1 aliphatic carbocycles. The van der Waals surface area contributed by atoms with Crippen molar-refractivity contribution in [2.24, 2.45) is 5.92 Å². The Kier molecular flexibility index (Phi) is 7.31. The highest BCUT2D eigenvalue weighted by atomic mass is 35.5. The smallest absolute Gasteiger partial charge is 0.281 e. The van der Waals surface area contributed by atoms with E-state index in [0.717, 1.165) is 19.0 Å². The summed E-state index contributed by atoms with van der Waals surface area (Å²) in [4.78, 5) is 31.2. The normalized spacial score (nSPS) is 22.5. The molecule has 0 bridgehead atoms. The van der Waals surface area contributed by atoms with Gasteiger partial charge in [0.2, 0.25) is 5.91 Å². The molecule has 11 heteroatoms. The van der Waals surface area contributed by atoms with Crippen molar-refractivity contribution in [1.82, 2.24) is 15.6 Å². The van der Waals surface area contributed by atoms with Crippen LogP contribution in [0.25, 0.3) is 0 Å². The minimum atomic E-state index is -2.88. The number of aromatic nitrogens is 1. The van der Waals surface area contributed by atoms with Gasteiger partial charge in [-0.2, -0.15) is 0 Å². The first-order chi connectivity index (χ1) is 16.3. The van der Waals surface area contributed by atoms with Crippen LogP contribution in [0, 0.1) is 11.7 Å². The number of fused-ring (bicyclic) bond motifs is 2. The number of benzene rings is 1. The maximum atomic E-state index is 14.6. The van der Waals surface area contributed by atoms with Crippen LogP contribution in [-0.4, -0.2) is 42.5 Å². The van der Waals surface area contributed by atoms with Gasteiger partial charge in [-0.15, -0.1) is 12.4 Å². The van der Waals surface area contributed by atoms with Gasteiger partial charge in [0.05, 0.1) is 16.3 Å². The molecule has 3 aliphatic rings. The molecule has 5 rings (SSSR count). The molecule has 3 heterocycles. The standard InChI is InChI=1S/C24H24ClF3N4O2.ClH/c25-14-8-16(20(21(27)28)30-9-14)22(33)31-15-6-4-13(5-7-15)10-32-18-3-1-2-17(26)19(18)24(23(32)34)11-29-12-24;/h1-3,8-9,13,15,21,29H,4-7,10-12H2,(H,31,33);1H. The summed E-state index contributed by atoms with van der Waals surface area (Å²) >= 11 is 5.85. The van der Waals surface area contributed by atoms with Crippen LogP contribution in [0.3, 0.4) is 0 Å². The molecule has 1 aromatic heterocycles. The number of carbonyl (C=O) groups excluding carboxylic acids is 2. The summed E-state index contributed by atoms with van der Waals surface area (Å²) in [5.74, 6) is -0.831. The van der Waals surface area contributed by atoms with Crippen LogP contribution < -0.4 is 15.5 Å². The average Bonchev–Trinajstić information content (AvgIpc) is 3.04. The summed E-state index contributed by atoms with van der Waals surface area (Å²) in [7, 11) is 0. The number of pyridine rings is 1. The Bertz CT molecular complexity index is 1140. The fraction of sp³-hybridized carbons (Fsp3) is 0.458. The van der Waals surface area contributed by atoms with E-state index in [1.807, 2.05) is 0 Å². The number of nitrogens with zero attached hydrogens (tertiary/aromatic N) is 2. The van der Waals surface area contributed by atoms with Gasteiger partial charge in [-0.1, -0.05) is 17.7 Å². The first-order valence-electron chi connectivity index (χ1n) is 11.4. The highest BCUT2D eigenvalue weighted by molar-refractivity contribution is 6.30. The van der Waals surface area contributed by atoms with Crippen LogP contribution in [0.15, 0.2) is 30.5 Å². The molecule has 2 fully saturated rings. The van der Waals surface area contributed by atoms with Crippen LogP contribution in [0.4, 0.5) is 18.9 Å². The number of hydrogen-bond acceptors (Lipinski definition) is 4. The minimum Gasteiger partial charge on any atom is -0.349 e. The number of alkyl halides is 2. The lowest BCUT2D eigenvalue weighted by Crippen LogP contribution is -2.62. The largest absolute Gasteiger partial charge is 0.349 e. The zero-order chi connectivity index (χ0) is 24.0. The molecule has 6 nitrogen and oxygen atoms in total. The molecule has 2 amide bonds. The summed E-state index contributed by atoms with van der Waals surface area (Å²) in [5, 5.41) is 6.05. The zero-order valence-electron chi connectivity index (χ0n) is 18.7. The van der Waals surface area contributed by atoms with E-state index in [1.54, 1.807) is 17.0 Å². The van der Waals surface area contributed by atoms with E-state index >= 15 is 0 Å². The Morgan fingerprint density at radius 1 is 1.26 bits per heavy atom. The van der Waals surface area contributed by atoms with Crippen LogP contribution in [0.2, 0.25) is 5.02 Å². The minimum absolute atomic E-state index is 0. The highest BCUT2D eigenvalue weighted by Gasteiger charge is 2.56.